The molecule has 0 spiro atoms. The predicted molar refractivity (Wildman–Crippen MR) is 248 cm³/mol. The van der Waals surface area contributed by atoms with Crippen LogP contribution in [0.25, 0.3) is 0 Å². The zero-order valence-corrected chi connectivity index (χ0v) is 42.9. The van der Waals surface area contributed by atoms with Crippen LogP contribution < -0.4 is 16.8 Å². The fraction of sp³-hybridized carbons (Fsp3) is 0.355. The van der Waals surface area contributed by atoms with Crippen molar-refractivity contribution in [2.24, 2.45) is 0 Å². The minimum Gasteiger partial charge on any atom is -0.476 e. The third-order valence-electron chi connectivity index (χ3n) is 5.52. The lowest BCUT2D eigenvalue weighted by Gasteiger charge is -2.19. The molecule has 0 radical (unpaired) electrons. The number of ether oxygens (including phenoxy) is 5. The summed E-state index contributed by atoms with van der Waals surface area (Å²) < 4.78 is 40.1. The number of esters is 4. The number of carboxylic acids is 1. The molecule has 0 atom stereocenters. The number of nitrogens with two attached hydrogens (primary N) is 2. The molecule has 0 unspecified atom stereocenters. The molecule has 27 heteroatoms. The van der Waals surface area contributed by atoms with Crippen LogP contribution in [-0.2, 0) is 23.7 Å². The number of halogens is 3. The van der Waals surface area contributed by atoms with Gasteiger partial charge in [0.2, 0.25) is 0 Å². The van der Waals surface area contributed by atoms with Gasteiger partial charge in [0.1, 0.15) is 28.3 Å². The van der Waals surface area contributed by atoms with Gasteiger partial charge in [-0.05, 0) is 135 Å². The SMILES string of the molecule is COC(=O)c1snc(C(=O)O)c1I.COC(=O)c1snc(N)c1C#C[Si](C)(C)C.COC(=O)c1snc(N)c1I.COC(=O)c1snc(NC(=O)OC(C)(C)C)c1I. The molecule has 6 N–H and O–H groups in total. The fourth-order valence-electron chi connectivity index (χ4n) is 3.02. The highest BCUT2D eigenvalue weighted by atomic mass is 127. The number of aromatic carboxylic acids is 1. The normalized spacial score (nSPS) is 10.3. The van der Waals surface area contributed by atoms with Crippen molar-refractivity contribution in [2.45, 2.75) is 46.0 Å². The van der Waals surface area contributed by atoms with E-state index in [4.69, 9.17) is 21.3 Å². The number of rotatable bonds is 6. The van der Waals surface area contributed by atoms with Crippen LogP contribution >= 0.6 is 114 Å². The first kappa shape index (κ1) is 52.7. The first-order valence-corrected chi connectivity index (χ1v) is 25.2. The summed E-state index contributed by atoms with van der Waals surface area (Å²) >= 11 is 9.50. The number of nitrogen functional groups attached to an aromatic ring is 2. The zero-order chi connectivity index (χ0) is 44.7. The van der Waals surface area contributed by atoms with Gasteiger partial charge in [-0.15, -0.1) is 5.54 Å². The van der Waals surface area contributed by atoms with Crippen LogP contribution in [0.5, 0.6) is 0 Å². The largest absolute Gasteiger partial charge is 0.476 e. The number of nitrogens with zero attached hydrogens (tertiary/aromatic N) is 4. The highest BCUT2D eigenvalue weighted by molar-refractivity contribution is 14.1. The Kier molecular flexibility index (Phi) is 21.9. The van der Waals surface area contributed by atoms with Gasteiger partial charge in [0.25, 0.3) is 0 Å². The molecule has 0 aliphatic carbocycles. The van der Waals surface area contributed by atoms with E-state index in [-0.39, 0.29) is 16.5 Å². The molecule has 58 heavy (non-hydrogen) atoms. The van der Waals surface area contributed by atoms with E-state index in [0.717, 1.165) is 46.1 Å². The Morgan fingerprint density at radius 3 is 1.50 bits per heavy atom. The lowest BCUT2D eigenvalue weighted by atomic mass is 10.2. The average Bonchev–Trinajstić information content (AvgIpc) is 3.91. The first-order chi connectivity index (χ1) is 26.8. The lowest BCUT2D eigenvalue weighted by Crippen LogP contribution is -2.27. The summed E-state index contributed by atoms with van der Waals surface area (Å²) in [5.41, 5.74) is 14.0. The number of carboxylic acid groups (broad SMARTS) is 1. The maximum atomic E-state index is 11.5. The van der Waals surface area contributed by atoms with E-state index in [2.05, 4.69) is 72.9 Å². The standard InChI is InChI=1S/C10H13IN2O4S.C10H14N2O2SSi.C6H4INO4S.C5H5IN2O2S/c1-10(2,3)17-9(15)12-7-5(11)6(18-13-7)8(14)16-4;1-14-10(13)8-7(9(11)12-15-8)5-6-16(2,3)4;1-12-6(11)4-2(7)3(5(9)10)8-13-4;1-10-5(9)3-2(6)4(7)8-11-3/h1-4H3,(H,12,13,15);1-4H3,(H2,11,12);1H3,(H,9,10);1H3,(H2,7,8). The molecule has 4 heterocycles. The second-order valence-corrected chi connectivity index (χ2v) is 23.3. The number of carbonyl (C=O) groups excluding carboxylic acids is 5. The number of nitrogens with one attached hydrogen (secondary N) is 1. The van der Waals surface area contributed by atoms with Gasteiger partial charge < -0.3 is 40.3 Å². The van der Waals surface area contributed by atoms with Crippen molar-refractivity contribution >= 4 is 175 Å². The molecule has 1 amide bonds. The average molecular weight is 1240 g/mol. The Morgan fingerprint density at radius 2 is 1.09 bits per heavy atom. The molecule has 0 aromatic carbocycles. The van der Waals surface area contributed by atoms with Gasteiger partial charge >= 0.3 is 35.9 Å². The van der Waals surface area contributed by atoms with E-state index >= 15 is 0 Å². The molecule has 19 nitrogen and oxygen atoms in total. The molecule has 4 aromatic rings. The van der Waals surface area contributed by atoms with Crippen molar-refractivity contribution in [3.05, 3.63) is 41.5 Å². The maximum Gasteiger partial charge on any atom is 0.413 e. The van der Waals surface area contributed by atoms with E-state index in [9.17, 15) is 28.8 Å². The quantitative estimate of drug-likeness (QED) is 0.0498. The topological polar surface area (TPSA) is 284 Å². The van der Waals surface area contributed by atoms with Gasteiger partial charge in [-0.3, -0.25) is 5.32 Å². The molecule has 4 aromatic heterocycles. The van der Waals surface area contributed by atoms with Crippen molar-refractivity contribution in [1.29, 1.82) is 0 Å². The predicted octanol–water partition coefficient (Wildman–Crippen LogP) is 6.97. The molecule has 0 saturated heterocycles. The minimum absolute atomic E-state index is 0.106. The van der Waals surface area contributed by atoms with Crippen molar-refractivity contribution in [1.82, 2.24) is 17.5 Å². The summed E-state index contributed by atoms with van der Waals surface area (Å²) in [6.45, 7) is 11.6. The number of anilines is 3. The number of amides is 1. The monoisotopic (exact) mass is 1230 g/mol. The van der Waals surface area contributed by atoms with Crippen LogP contribution in [0.2, 0.25) is 19.6 Å². The van der Waals surface area contributed by atoms with E-state index < -0.39 is 43.6 Å². The van der Waals surface area contributed by atoms with Crippen molar-refractivity contribution in [3.63, 3.8) is 0 Å². The van der Waals surface area contributed by atoms with Crippen LogP contribution in [0, 0.1) is 22.2 Å². The smallest absolute Gasteiger partial charge is 0.413 e. The molecule has 0 fully saturated rings. The van der Waals surface area contributed by atoms with Crippen molar-refractivity contribution < 1.29 is 57.6 Å². The molecule has 316 valence electrons. The van der Waals surface area contributed by atoms with Crippen LogP contribution in [-0.4, -0.2) is 101 Å². The summed E-state index contributed by atoms with van der Waals surface area (Å²) in [7, 11) is 3.68. The lowest BCUT2D eigenvalue weighted by molar-refractivity contribution is 0.0595. The summed E-state index contributed by atoms with van der Waals surface area (Å²) in [6, 6.07) is 0. The van der Waals surface area contributed by atoms with Gasteiger partial charge in [-0.1, -0.05) is 25.6 Å². The van der Waals surface area contributed by atoms with Crippen LogP contribution in [0.4, 0.5) is 22.2 Å². The number of hydrogen-bond acceptors (Lipinski definition) is 21. The van der Waals surface area contributed by atoms with E-state index in [1.807, 2.05) is 45.2 Å². The third kappa shape index (κ3) is 16.8. The van der Waals surface area contributed by atoms with E-state index in [0.29, 0.717) is 48.4 Å². The Balaban J connectivity index is 0.000000393. The zero-order valence-electron chi connectivity index (χ0n) is 32.1. The molecule has 0 saturated carbocycles. The summed E-state index contributed by atoms with van der Waals surface area (Å²) in [5, 5.41) is 11.1. The van der Waals surface area contributed by atoms with Gasteiger partial charge in [0.15, 0.2) is 28.0 Å². The Morgan fingerprint density at radius 1 is 0.672 bits per heavy atom. The molecule has 4 rings (SSSR count). The second-order valence-electron chi connectivity index (χ2n) is 12.2. The molecule has 0 aliphatic rings. The minimum atomic E-state index is -1.50. The molecular formula is C31H36I3N7O12S4Si. The van der Waals surface area contributed by atoms with Gasteiger partial charge in [-0.2, -0.15) is 17.5 Å². The number of methoxy groups -OCH3 is 4. The Labute approximate surface area is 390 Å². The molecular weight excluding hydrogens is 1200 g/mol. The van der Waals surface area contributed by atoms with Crippen molar-refractivity contribution in [3.8, 4) is 11.5 Å². The molecule has 0 bridgehead atoms. The first-order valence-electron chi connectivity index (χ1n) is 15.4. The summed E-state index contributed by atoms with van der Waals surface area (Å²) in [5.74, 6) is 0.936. The van der Waals surface area contributed by atoms with Gasteiger partial charge in [0, 0.05) is 0 Å². The maximum absolute atomic E-state index is 11.5. The van der Waals surface area contributed by atoms with Crippen LogP contribution in [0.15, 0.2) is 0 Å². The fourth-order valence-corrected chi connectivity index (χ4v) is 8.94. The summed E-state index contributed by atoms with van der Waals surface area (Å²) in [4.78, 5) is 68.2. The van der Waals surface area contributed by atoms with Crippen molar-refractivity contribution in [2.75, 3.05) is 45.2 Å². The number of hydrogen-bond donors (Lipinski definition) is 4. The van der Waals surface area contributed by atoms with Gasteiger partial charge in [-0.25, -0.2) is 28.8 Å². The van der Waals surface area contributed by atoms with E-state index in [1.54, 1.807) is 43.4 Å². The van der Waals surface area contributed by atoms with E-state index in [1.165, 1.54) is 28.4 Å². The Hall–Kier alpha value is -3.29. The second kappa shape index (κ2) is 24.1. The molecule has 0 aliphatic heterocycles. The third-order valence-corrected chi connectivity index (χ3v) is 14.0. The highest BCUT2D eigenvalue weighted by Gasteiger charge is 2.24. The van der Waals surface area contributed by atoms with Crippen LogP contribution in [0.1, 0.15) is 75.5 Å². The highest BCUT2D eigenvalue weighted by Crippen LogP contribution is 2.27. The van der Waals surface area contributed by atoms with Crippen LogP contribution in [0.3, 0.4) is 0 Å². The van der Waals surface area contributed by atoms with Gasteiger partial charge in [0.05, 0.1) is 44.7 Å². The summed E-state index contributed by atoms with van der Waals surface area (Å²) in [6.07, 6.45) is -0.609. The Bertz CT molecular complexity index is 2190. The number of carbonyl (C=O) groups is 6. The number of aromatic nitrogens is 4.